The summed E-state index contributed by atoms with van der Waals surface area (Å²) in [6.07, 6.45) is 3.44. The zero-order valence-corrected chi connectivity index (χ0v) is 12.2. The van der Waals surface area contributed by atoms with E-state index in [1.54, 1.807) is 28.4 Å². The Morgan fingerprint density at radius 2 is 2.20 bits per heavy atom. The summed E-state index contributed by atoms with van der Waals surface area (Å²) in [7, 11) is 0. The van der Waals surface area contributed by atoms with Crippen molar-refractivity contribution in [3.05, 3.63) is 52.2 Å². The second kappa shape index (κ2) is 5.42. The molecule has 0 aliphatic heterocycles. The number of thiophene rings is 1. The van der Waals surface area contributed by atoms with Crippen molar-refractivity contribution in [2.24, 2.45) is 0 Å². The van der Waals surface area contributed by atoms with E-state index in [1.807, 2.05) is 19.9 Å². The van der Waals surface area contributed by atoms with Crippen LogP contribution in [0.4, 0.5) is 5.82 Å². The number of aromatic nitrogens is 4. The monoisotopic (exact) mass is 285 g/mol. The molecule has 3 aromatic heterocycles. The fourth-order valence-corrected chi connectivity index (χ4v) is 2.66. The molecule has 6 heteroatoms. The molecular formula is C14H15N5S. The Hall–Kier alpha value is -2.21. The van der Waals surface area contributed by atoms with E-state index in [-0.39, 0.29) is 0 Å². The average Bonchev–Trinajstić information content (AvgIpc) is 3.06. The molecule has 0 radical (unpaired) electrons. The Morgan fingerprint density at radius 1 is 1.30 bits per heavy atom. The molecule has 1 N–H and O–H groups in total. The van der Waals surface area contributed by atoms with Crippen LogP contribution >= 0.6 is 11.3 Å². The largest absolute Gasteiger partial charge is 0.365 e. The van der Waals surface area contributed by atoms with Crippen molar-refractivity contribution in [2.75, 3.05) is 5.32 Å². The van der Waals surface area contributed by atoms with Gasteiger partial charge in [0.05, 0.1) is 18.1 Å². The van der Waals surface area contributed by atoms with Crippen molar-refractivity contribution in [2.45, 2.75) is 20.4 Å². The second-order valence-electron chi connectivity index (χ2n) is 4.59. The highest BCUT2D eigenvalue weighted by molar-refractivity contribution is 7.07. The van der Waals surface area contributed by atoms with Gasteiger partial charge in [-0.05, 0) is 42.3 Å². The highest BCUT2D eigenvalue weighted by Crippen LogP contribution is 2.12. The van der Waals surface area contributed by atoms with Crippen LogP contribution in [0.15, 0.2) is 35.3 Å². The lowest BCUT2D eigenvalue weighted by Gasteiger charge is -2.07. The first-order chi connectivity index (χ1) is 9.72. The Labute approximate surface area is 121 Å². The van der Waals surface area contributed by atoms with Crippen molar-refractivity contribution in [3.63, 3.8) is 0 Å². The molecule has 0 aliphatic rings. The molecule has 0 fully saturated rings. The average molecular weight is 285 g/mol. The van der Waals surface area contributed by atoms with Crippen molar-refractivity contribution >= 4 is 17.2 Å². The van der Waals surface area contributed by atoms with Crippen molar-refractivity contribution < 1.29 is 0 Å². The fourth-order valence-electron chi connectivity index (χ4n) is 1.99. The van der Waals surface area contributed by atoms with E-state index in [0.717, 1.165) is 29.6 Å². The fraction of sp³-hybridized carbons (Fsp3) is 0.214. The number of rotatable bonds is 4. The molecule has 102 valence electrons. The van der Waals surface area contributed by atoms with Crippen LogP contribution in [0, 0.1) is 13.8 Å². The molecule has 0 amide bonds. The van der Waals surface area contributed by atoms with Crippen molar-refractivity contribution in [1.29, 1.82) is 0 Å². The van der Waals surface area contributed by atoms with Gasteiger partial charge in [-0.2, -0.15) is 16.4 Å². The minimum Gasteiger partial charge on any atom is -0.365 e. The standard InChI is InChI=1S/C14H15N5S/c1-10-5-11(2)19(18-10)14-8-15-7-13(17-14)16-6-12-3-4-20-9-12/h3-5,7-9H,6H2,1-2H3,(H,16,17). The lowest BCUT2D eigenvalue weighted by molar-refractivity contribution is 0.799. The van der Waals surface area contributed by atoms with Crippen LogP contribution < -0.4 is 5.32 Å². The van der Waals surface area contributed by atoms with E-state index in [1.165, 1.54) is 5.56 Å². The van der Waals surface area contributed by atoms with Gasteiger partial charge < -0.3 is 5.32 Å². The molecule has 3 aromatic rings. The van der Waals surface area contributed by atoms with Crippen molar-refractivity contribution in [3.8, 4) is 5.82 Å². The molecule has 0 atom stereocenters. The van der Waals surface area contributed by atoms with Crippen LogP contribution in [0.2, 0.25) is 0 Å². The summed E-state index contributed by atoms with van der Waals surface area (Å²) >= 11 is 1.69. The first kappa shape index (κ1) is 12.8. The van der Waals surface area contributed by atoms with Crippen LogP contribution in [0.25, 0.3) is 5.82 Å². The molecule has 0 aliphatic carbocycles. The lowest BCUT2D eigenvalue weighted by Crippen LogP contribution is -2.06. The Balaban J connectivity index is 1.80. The number of aryl methyl sites for hydroxylation is 2. The molecule has 3 rings (SSSR count). The predicted molar refractivity (Wildman–Crippen MR) is 80.3 cm³/mol. The highest BCUT2D eigenvalue weighted by atomic mass is 32.1. The lowest BCUT2D eigenvalue weighted by atomic mass is 10.3. The van der Waals surface area contributed by atoms with Gasteiger partial charge in [-0.3, -0.25) is 4.98 Å². The van der Waals surface area contributed by atoms with E-state index in [2.05, 4.69) is 37.2 Å². The Kier molecular flexibility index (Phi) is 3.47. The number of hydrogen-bond donors (Lipinski definition) is 1. The van der Waals surface area contributed by atoms with Gasteiger partial charge in [0, 0.05) is 12.2 Å². The zero-order chi connectivity index (χ0) is 13.9. The van der Waals surface area contributed by atoms with Crippen LogP contribution in [-0.2, 0) is 6.54 Å². The van der Waals surface area contributed by atoms with E-state index in [0.29, 0.717) is 0 Å². The van der Waals surface area contributed by atoms with Gasteiger partial charge >= 0.3 is 0 Å². The number of hydrogen-bond acceptors (Lipinski definition) is 5. The summed E-state index contributed by atoms with van der Waals surface area (Å²) in [5, 5.41) is 11.9. The molecule has 0 saturated heterocycles. The van der Waals surface area contributed by atoms with Crippen LogP contribution in [-0.4, -0.2) is 19.7 Å². The molecule has 0 bridgehead atoms. The van der Waals surface area contributed by atoms with Crippen LogP contribution in [0.3, 0.4) is 0 Å². The molecule has 0 spiro atoms. The summed E-state index contributed by atoms with van der Waals surface area (Å²) in [5.74, 6) is 1.48. The molecule has 3 heterocycles. The number of nitrogens with zero attached hydrogens (tertiary/aromatic N) is 4. The summed E-state index contributed by atoms with van der Waals surface area (Å²) < 4.78 is 1.80. The van der Waals surface area contributed by atoms with Gasteiger partial charge in [-0.15, -0.1) is 0 Å². The Bertz CT molecular complexity index is 702. The summed E-state index contributed by atoms with van der Waals surface area (Å²) in [6, 6.07) is 4.11. The summed E-state index contributed by atoms with van der Waals surface area (Å²) in [5.41, 5.74) is 3.26. The van der Waals surface area contributed by atoms with E-state index in [9.17, 15) is 0 Å². The maximum absolute atomic E-state index is 4.55. The van der Waals surface area contributed by atoms with Gasteiger partial charge in [-0.1, -0.05) is 0 Å². The van der Waals surface area contributed by atoms with Gasteiger partial charge in [0.1, 0.15) is 5.82 Å². The van der Waals surface area contributed by atoms with Gasteiger partial charge in [0.2, 0.25) is 0 Å². The Morgan fingerprint density at radius 3 is 2.90 bits per heavy atom. The van der Waals surface area contributed by atoms with Gasteiger partial charge in [0.25, 0.3) is 0 Å². The summed E-state index contributed by atoms with van der Waals surface area (Å²) in [6.45, 7) is 4.72. The normalized spacial score (nSPS) is 10.7. The minimum atomic E-state index is 0.728. The third-order valence-corrected chi connectivity index (χ3v) is 3.63. The van der Waals surface area contributed by atoms with Crippen molar-refractivity contribution in [1.82, 2.24) is 19.7 Å². The predicted octanol–water partition coefficient (Wildman–Crippen LogP) is 2.95. The molecule has 20 heavy (non-hydrogen) atoms. The third-order valence-electron chi connectivity index (χ3n) is 2.90. The first-order valence-corrected chi connectivity index (χ1v) is 7.27. The topological polar surface area (TPSA) is 55.6 Å². The quantitative estimate of drug-likeness (QED) is 0.800. The highest BCUT2D eigenvalue weighted by Gasteiger charge is 2.06. The maximum Gasteiger partial charge on any atom is 0.174 e. The smallest absolute Gasteiger partial charge is 0.174 e. The van der Waals surface area contributed by atoms with Gasteiger partial charge in [0.15, 0.2) is 5.82 Å². The number of nitrogens with one attached hydrogen (secondary N) is 1. The molecular weight excluding hydrogens is 270 g/mol. The van der Waals surface area contributed by atoms with E-state index >= 15 is 0 Å². The van der Waals surface area contributed by atoms with Gasteiger partial charge in [-0.25, -0.2) is 9.67 Å². The molecule has 0 aromatic carbocycles. The van der Waals surface area contributed by atoms with E-state index < -0.39 is 0 Å². The second-order valence-corrected chi connectivity index (χ2v) is 5.37. The summed E-state index contributed by atoms with van der Waals surface area (Å²) in [4.78, 5) is 8.77. The molecule has 0 saturated carbocycles. The van der Waals surface area contributed by atoms with E-state index in [4.69, 9.17) is 0 Å². The van der Waals surface area contributed by atoms with Crippen LogP contribution in [0.1, 0.15) is 17.0 Å². The van der Waals surface area contributed by atoms with Crippen LogP contribution in [0.5, 0.6) is 0 Å². The minimum absolute atomic E-state index is 0.728. The third kappa shape index (κ3) is 2.70. The SMILES string of the molecule is Cc1cc(C)n(-c2cncc(NCc3ccsc3)n2)n1. The molecule has 0 unspecified atom stereocenters. The molecule has 5 nitrogen and oxygen atoms in total. The number of anilines is 1. The first-order valence-electron chi connectivity index (χ1n) is 6.33. The zero-order valence-electron chi connectivity index (χ0n) is 11.4. The maximum atomic E-state index is 4.55.